The molecular formula is C17H19BrN2. The van der Waals surface area contributed by atoms with Crippen LogP contribution < -0.4 is 10.2 Å². The molecule has 0 spiro atoms. The molecule has 0 unspecified atom stereocenters. The Kier molecular flexibility index (Phi) is 4.26. The maximum atomic E-state index is 3.57. The molecule has 0 aliphatic carbocycles. The van der Waals surface area contributed by atoms with Crippen molar-refractivity contribution in [1.82, 2.24) is 0 Å². The lowest BCUT2D eigenvalue weighted by atomic mass is 10.2. The fraction of sp³-hybridized carbons (Fsp3) is 0.294. The highest BCUT2D eigenvalue weighted by Gasteiger charge is 2.14. The van der Waals surface area contributed by atoms with Crippen LogP contribution in [0.2, 0.25) is 0 Å². The van der Waals surface area contributed by atoms with Crippen LogP contribution in [0.4, 0.5) is 11.4 Å². The molecule has 2 aromatic carbocycles. The monoisotopic (exact) mass is 330 g/mol. The van der Waals surface area contributed by atoms with Gasteiger partial charge in [0, 0.05) is 24.1 Å². The molecule has 1 fully saturated rings. The van der Waals surface area contributed by atoms with Crippen molar-refractivity contribution in [2.24, 2.45) is 0 Å². The van der Waals surface area contributed by atoms with Gasteiger partial charge in [-0.25, -0.2) is 0 Å². The van der Waals surface area contributed by atoms with E-state index in [1.165, 1.54) is 42.9 Å². The maximum Gasteiger partial charge on any atom is 0.0602 e. The van der Waals surface area contributed by atoms with Crippen molar-refractivity contribution in [2.45, 2.75) is 19.4 Å². The lowest BCUT2D eigenvalue weighted by molar-refractivity contribution is 0.949. The zero-order valence-corrected chi connectivity index (χ0v) is 13.1. The van der Waals surface area contributed by atoms with E-state index in [0.717, 1.165) is 11.0 Å². The Bertz CT molecular complexity index is 559. The zero-order chi connectivity index (χ0) is 13.8. The molecule has 3 rings (SSSR count). The lowest BCUT2D eigenvalue weighted by Gasteiger charge is -2.22. The first kappa shape index (κ1) is 13.5. The van der Waals surface area contributed by atoms with Crippen molar-refractivity contribution in [1.29, 1.82) is 0 Å². The van der Waals surface area contributed by atoms with Crippen molar-refractivity contribution in [3.8, 4) is 0 Å². The molecule has 3 heteroatoms. The summed E-state index contributed by atoms with van der Waals surface area (Å²) in [6, 6.07) is 17.1. The van der Waals surface area contributed by atoms with Gasteiger partial charge < -0.3 is 10.2 Å². The van der Waals surface area contributed by atoms with E-state index in [1.807, 2.05) is 0 Å². The van der Waals surface area contributed by atoms with Gasteiger partial charge in [-0.3, -0.25) is 0 Å². The van der Waals surface area contributed by atoms with Crippen LogP contribution >= 0.6 is 15.9 Å². The number of anilines is 2. The Morgan fingerprint density at radius 1 is 0.950 bits per heavy atom. The average molecular weight is 331 g/mol. The Morgan fingerprint density at radius 3 is 2.40 bits per heavy atom. The van der Waals surface area contributed by atoms with E-state index in [-0.39, 0.29) is 0 Å². The molecule has 0 atom stereocenters. The number of nitrogens with one attached hydrogen (secondary N) is 1. The van der Waals surface area contributed by atoms with Crippen molar-refractivity contribution in [3.05, 3.63) is 58.6 Å². The fourth-order valence-corrected chi connectivity index (χ4v) is 2.92. The summed E-state index contributed by atoms with van der Waals surface area (Å²) in [6.07, 6.45) is 2.61. The molecule has 1 aliphatic heterocycles. The largest absolute Gasteiger partial charge is 0.379 e. The van der Waals surface area contributed by atoms with Gasteiger partial charge in [-0.2, -0.15) is 0 Å². The number of hydrogen-bond acceptors (Lipinski definition) is 2. The van der Waals surface area contributed by atoms with Crippen molar-refractivity contribution in [3.63, 3.8) is 0 Å². The molecule has 1 saturated heterocycles. The average Bonchev–Trinajstić information content (AvgIpc) is 3.01. The summed E-state index contributed by atoms with van der Waals surface area (Å²) in [6.45, 7) is 3.21. The highest BCUT2D eigenvalue weighted by atomic mass is 79.9. The minimum Gasteiger partial charge on any atom is -0.379 e. The quantitative estimate of drug-likeness (QED) is 0.876. The van der Waals surface area contributed by atoms with Gasteiger partial charge in [0.05, 0.1) is 11.4 Å². The first-order valence-electron chi connectivity index (χ1n) is 7.15. The number of hydrogen-bond donors (Lipinski definition) is 1. The molecule has 1 N–H and O–H groups in total. The Balaban J connectivity index is 1.72. The molecule has 0 amide bonds. The summed E-state index contributed by atoms with van der Waals surface area (Å²) in [5, 5.41) is 3.57. The van der Waals surface area contributed by atoms with Gasteiger partial charge in [-0.1, -0.05) is 40.2 Å². The summed E-state index contributed by atoms with van der Waals surface area (Å²) in [5.41, 5.74) is 3.86. The fourth-order valence-electron chi connectivity index (χ4n) is 2.66. The summed E-state index contributed by atoms with van der Waals surface area (Å²) in [5.74, 6) is 0. The molecule has 104 valence electrons. The zero-order valence-electron chi connectivity index (χ0n) is 11.5. The molecule has 0 bridgehead atoms. The lowest BCUT2D eigenvalue weighted by Crippen LogP contribution is -2.19. The third kappa shape index (κ3) is 3.15. The van der Waals surface area contributed by atoms with E-state index in [9.17, 15) is 0 Å². The van der Waals surface area contributed by atoms with E-state index < -0.39 is 0 Å². The van der Waals surface area contributed by atoms with Crippen molar-refractivity contribution in [2.75, 3.05) is 23.3 Å². The molecule has 2 nitrogen and oxygen atoms in total. The van der Waals surface area contributed by atoms with Crippen LogP contribution in [0, 0.1) is 0 Å². The van der Waals surface area contributed by atoms with E-state index in [4.69, 9.17) is 0 Å². The molecular weight excluding hydrogens is 312 g/mol. The van der Waals surface area contributed by atoms with E-state index in [2.05, 4.69) is 74.7 Å². The van der Waals surface area contributed by atoms with Gasteiger partial charge in [0.2, 0.25) is 0 Å². The number of halogens is 1. The molecule has 1 aliphatic rings. The maximum absolute atomic E-state index is 3.57. The van der Waals surface area contributed by atoms with E-state index in [1.54, 1.807) is 0 Å². The molecule has 2 aromatic rings. The first-order chi connectivity index (χ1) is 9.83. The molecule has 1 heterocycles. The van der Waals surface area contributed by atoms with Gasteiger partial charge in [0.15, 0.2) is 0 Å². The third-order valence-corrected chi connectivity index (χ3v) is 4.28. The second-order valence-electron chi connectivity index (χ2n) is 5.19. The SMILES string of the molecule is Brc1ccc(CNc2ccccc2N2CCCC2)cc1. The van der Waals surface area contributed by atoms with Crippen LogP contribution in [0.5, 0.6) is 0 Å². The van der Waals surface area contributed by atoms with Crippen LogP contribution in [-0.2, 0) is 6.54 Å². The normalized spacial score (nSPS) is 14.6. The minimum absolute atomic E-state index is 0.859. The first-order valence-corrected chi connectivity index (χ1v) is 7.94. The van der Waals surface area contributed by atoms with Crippen LogP contribution in [0.25, 0.3) is 0 Å². The predicted molar refractivity (Wildman–Crippen MR) is 89.4 cm³/mol. The van der Waals surface area contributed by atoms with Gasteiger partial charge in [-0.15, -0.1) is 0 Å². The van der Waals surface area contributed by atoms with Crippen molar-refractivity contribution >= 4 is 27.3 Å². The highest BCUT2D eigenvalue weighted by Crippen LogP contribution is 2.29. The predicted octanol–water partition coefficient (Wildman–Crippen LogP) is 4.66. The Labute approximate surface area is 128 Å². The second-order valence-corrected chi connectivity index (χ2v) is 6.11. The minimum atomic E-state index is 0.859. The topological polar surface area (TPSA) is 15.3 Å². The molecule has 0 saturated carbocycles. The van der Waals surface area contributed by atoms with E-state index in [0.29, 0.717) is 0 Å². The summed E-state index contributed by atoms with van der Waals surface area (Å²) in [4.78, 5) is 2.48. The van der Waals surface area contributed by atoms with Crippen LogP contribution in [-0.4, -0.2) is 13.1 Å². The van der Waals surface area contributed by atoms with Gasteiger partial charge >= 0.3 is 0 Å². The highest BCUT2D eigenvalue weighted by molar-refractivity contribution is 9.10. The van der Waals surface area contributed by atoms with Crippen LogP contribution in [0.15, 0.2) is 53.0 Å². The Hall–Kier alpha value is -1.48. The second kappa shape index (κ2) is 6.31. The number of rotatable bonds is 4. The standard InChI is InChI=1S/C17H19BrN2/c18-15-9-7-14(8-10-15)13-19-16-5-1-2-6-17(16)20-11-3-4-12-20/h1-2,5-10,19H,3-4,11-13H2. The third-order valence-electron chi connectivity index (χ3n) is 3.75. The van der Waals surface area contributed by atoms with Crippen molar-refractivity contribution < 1.29 is 0 Å². The van der Waals surface area contributed by atoms with Gasteiger partial charge in [0.1, 0.15) is 0 Å². The summed E-state index contributed by atoms with van der Waals surface area (Å²) in [7, 11) is 0. The summed E-state index contributed by atoms with van der Waals surface area (Å²) < 4.78 is 1.12. The van der Waals surface area contributed by atoms with Crippen LogP contribution in [0.3, 0.4) is 0 Å². The van der Waals surface area contributed by atoms with E-state index >= 15 is 0 Å². The number of nitrogens with zero attached hydrogens (tertiary/aromatic N) is 1. The summed E-state index contributed by atoms with van der Waals surface area (Å²) >= 11 is 3.47. The molecule has 0 aromatic heterocycles. The van der Waals surface area contributed by atoms with Gasteiger partial charge in [-0.05, 0) is 42.7 Å². The van der Waals surface area contributed by atoms with Crippen LogP contribution in [0.1, 0.15) is 18.4 Å². The van der Waals surface area contributed by atoms with Gasteiger partial charge in [0.25, 0.3) is 0 Å². The number of benzene rings is 2. The molecule has 0 radical (unpaired) electrons. The smallest absolute Gasteiger partial charge is 0.0602 e. The molecule has 20 heavy (non-hydrogen) atoms. The number of para-hydroxylation sites is 2. The Morgan fingerprint density at radius 2 is 1.65 bits per heavy atom.